The van der Waals surface area contributed by atoms with Crippen molar-refractivity contribution in [2.75, 3.05) is 40.3 Å². The molecule has 1 fully saturated rings. The third-order valence-corrected chi connectivity index (χ3v) is 5.97. The molecule has 5 heteroatoms. The van der Waals surface area contributed by atoms with Crippen molar-refractivity contribution < 1.29 is 0 Å². The van der Waals surface area contributed by atoms with Crippen molar-refractivity contribution in [1.29, 1.82) is 0 Å². The Bertz CT molecular complexity index is 550. The molecule has 2 aromatic heterocycles. The van der Waals surface area contributed by atoms with E-state index in [4.69, 9.17) is 0 Å². The first-order valence-electron chi connectivity index (χ1n) is 7.43. The summed E-state index contributed by atoms with van der Waals surface area (Å²) in [6, 6.07) is 7.25. The van der Waals surface area contributed by atoms with Crippen molar-refractivity contribution in [3.63, 3.8) is 0 Å². The van der Waals surface area contributed by atoms with Crippen LogP contribution in [0.2, 0.25) is 0 Å². The lowest BCUT2D eigenvalue weighted by Crippen LogP contribution is -2.53. The standard InChI is InChI=1S/C16H23N3S2/c1-18-5-6-19(2)14(11-18)9-17-10-15-8-13(12-21-15)16-4-3-7-20-16/h3-4,7-8,12,14,17H,5-6,9-11H2,1-2H3. The minimum atomic E-state index is 0.625. The van der Waals surface area contributed by atoms with Crippen LogP contribution in [0.4, 0.5) is 0 Å². The number of nitrogens with zero attached hydrogens (tertiary/aromatic N) is 2. The molecule has 0 bridgehead atoms. The largest absolute Gasteiger partial charge is 0.310 e. The molecule has 3 heterocycles. The zero-order valence-electron chi connectivity index (χ0n) is 12.7. The second-order valence-corrected chi connectivity index (χ2v) is 7.75. The van der Waals surface area contributed by atoms with Crippen LogP contribution in [0.15, 0.2) is 29.0 Å². The third kappa shape index (κ3) is 3.93. The first-order chi connectivity index (χ1) is 10.2. The van der Waals surface area contributed by atoms with E-state index in [2.05, 4.69) is 58.2 Å². The lowest BCUT2D eigenvalue weighted by atomic mass is 10.2. The molecule has 3 nitrogen and oxygen atoms in total. The normalized spacial score (nSPS) is 21.0. The van der Waals surface area contributed by atoms with Crippen molar-refractivity contribution in [1.82, 2.24) is 15.1 Å². The van der Waals surface area contributed by atoms with Gasteiger partial charge in [-0.1, -0.05) is 6.07 Å². The summed E-state index contributed by atoms with van der Waals surface area (Å²) in [6.45, 7) is 5.55. The molecule has 0 amide bonds. The Balaban J connectivity index is 1.49. The van der Waals surface area contributed by atoms with Crippen LogP contribution in [0.25, 0.3) is 10.4 Å². The Morgan fingerprint density at radius 1 is 1.29 bits per heavy atom. The van der Waals surface area contributed by atoms with E-state index in [0.717, 1.165) is 19.6 Å². The highest BCUT2D eigenvalue weighted by Gasteiger charge is 2.21. The van der Waals surface area contributed by atoms with Crippen molar-refractivity contribution in [3.05, 3.63) is 33.8 Å². The molecule has 3 rings (SSSR count). The van der Waals surface area contributed by atoms with Crippen molar-refractivity contribution >= 4 is 22.7 Å². The first-order valence-corrected chi connectivity index (χ1v) is 9.19. The molecule has 21 heavy (non-hydrogen) atoms. The predicted octanol–water partition coefficient (Wildman–Crippen LogP) is 2.81. The van der Waals surface area contributed by atoms with Gasteiger partial charge >= 0.3 is 0 Å². The van der Waals surface area contributed by atoms with Gasteiger partial charge in [0.25, 0.3) is 0 Å². The Hall–Kier alpha value is -0.720. The maximum Gasteiger partial charge on any atom is 0.0351 e. The third-order valence-electron chi connectivity index (χ3n) is 4.12. The van der Waals surface area contributed by atoms with E-state index >= 15 is 0 Å². The molecule has 1 saturated heterocycles. The zero-order valence-corrected chi connectivity index (χ0v) is 14.3. The van der Waals surface area contributed by atoms with E-state index in [1.165, 1.54) is 28.4 Å². The summed E-state index contributed by atoms with van der Waals surface area (Å²) in [5.74, 6) is 0. The fraction of sp³-hybridized carbons (Fsp3) is 0.500. The zero-order chi connectivity index (χ0) is 14.7. The average Bonchev–Trinajstić information content (AvgIpc) is 3.13. The number of thiophene rings is 2. The van der Waals surface area contributed by atoms with E-state index < -0.39 is 0 Å². The monoisotopic (exact) mass is 321 g/mol. The maximum atomic E-state index is 3.63. The molecule has 114 valence electrons. The quantitative estimate of drug-likeness (QED) is 0.913. The Kier molecular flexibility index (Phi) is 5.08. The molecular formula is C16H23N3S2. The van der Waals surface area contributed by atoms with Crippen LogP contribution in [0.5, 0.6) is 0 Å². The van der Waals surface area contributed by atoms with E-state index in [1.807, 2.05) is 22.7 Å². The van der Waals surface area contributed by atoms with E-state index in [9.17, 15) is 0 Å². The van der Waals surface area contributed by atoms with E-state index in [1.54, 1.807) is 0 Å². The summed E-state index contributed by atoms with van der Waals surface area (Å²) in [7, 11) is 4.45. The summed E-state index contributed by atoms with van der Waals surface area (Å²) in [6.07, 6.45) is 0. The topological polar surface area (TPSA) is 18.5 Å². The van der Waals surface area contributed by atoms with Crippen LogP contribution in [0.1, 0.15) is 4.88 Å². The van der Waals surface area contributed by atoms with Gasteiger partial charge in [-0.15, -0.1) is 22.7 Å². The van der Waals surface area contributed by atoms with Gasteiger partial charge in [-0.25, -0.2) is 0 Å². The summed E-state index contributed by atoms with van der Waals surface area (Å²) in [4.78, 5) is 7.68. The number of rotatable bonds is 5. The highest BCUT2D eigenvalue weighted by molar-refractivity contribution is 7.14. The summed E-state index contributed by atoms with van der Waals surface area (Å²) in [5, 5.41) is 8.03. The number of hydrogen-bond acceptors (Lipinski definition) is 5. The van der Waals surface area contributed by atoms with E-state index in [0.29, 0.717) is 6.04 Å². The van der Waals surface area contributed by atoms with Crippen LogP contribution >= 0.6 is 22.7 Å². The minimum absolute atomic E-state index is 0.625. The van der Waals surface area contributed by atoms with Gasteiger partial charge in [0, 0.05) is 54.1 Å². The molecule has 1 N–H and O–H groups in total. The number of hydrogen-bond donors (Lipinski definition) is 1. The van der Waals surface area contributed by atoms with Crippen LogP contribution in [-0.2, 0) is 6.54 Å². The molecule has 1 unspecified atom stereocenters. The van der Waals surface area contributed by atoms with Gasteiger partial charge in [-0.3, -0.25) is 4.90 Å². The Labute approximate surface area is 135 Å². The molecule has 1 atom stereocenters. The van der Waals surface area contributed by atoms with Gasteiger partial charge < -0.3 is 10.2 Å². The second kappa shape index (κ2) is 7.03. The molecule has 0 spiro atoms. The molecular weight excluding hydrogens is 298 g/mol. The van der Waals surface area contributed by atoms with Gasteiger partial charge in [0.2, 0.25) is 0 Å². The molecule has 0 saturated carbocycles. The summed E-state index contributed by atoms with van der Waals surface area (Å²) in [5.41, 5.74) is 1.36. The lowest BCUT2D eigenvalue weighted by molar-refractivity contribution is 0.113. The first kappa shape index (κ1) is 15.2. The van der Waals surface area contributed by atoms with E-state index in [-0.39, 0.29) is 0 Å². The highest BCUT2D eigenvalue weighted by atomic mass is 32.1. The SMILES string of the molecule is CN1CCN(C)C(CNCc2cc(-c3cccs3)cs2)C1. The number of piperazine rings is 1. The molecule has 2 aromatic rings. The van der Waals surface area contributed by atoms with Gasteiger partial charge in [-0.05, 0) is 37.0 Å². The maximum absolute atomic E-state index is 3.63. The van der Waals surface area contributed by atoms with Gasteiger partial charge in [-0.2, -0.15) is 0 Å². The summed E-state index contributed by atoms with van der Waals surface area (Å²) < 4.78 is 0. The smallest absolute Gasteiger partial charge is 0.0351 e. The average molecular weight is 322 g/mol. The van der Waals surface area contributed by atoms with Gasteiger partial charge in [0.15, 0.2) is 0 Å². The molecule has 0 aromatic carbocycles. The lowest BCUT2D eigenvalue weighted by Gasteiger charge is -2.37. The van der Waals surface area contributed by atoms with Crippen molar-refractivity contribution in [2.45, 2.75) is 12.6 Å². The Morgan fingerprint density at radius 2 is 2.19 bits per heavy atom. The highest BCUT2D eigenvalue weighted by Crippen LogP contribution is 2.29. The second-order valence-electron chi connectivity index (χ2n) is 5.81. The van der Waals surface area contributed by atoms with Gasteiger partial charge in [0.1, 0.15) is 0 Å². The van der Waals surface area contributed by atoms with Crippen molar-refractivity contribution in [3.8, 4) is 10.4 Å². The van der Waals surface area contributed by atoms with Crippen LogP contribution in [0, 0.1) is 0 Å². The fourth-order valence-corrected chi connectivity index (χ4v) is 4.37. The molecule has 0 aliphatic carbocycles. The Morgan fingerprint density at radius 3 is 3.00 bits per heavy atom. The summed E-state index contributed by atoms with van der Waals surface area (Å²) >= 11 is 3.67. The fourth-order valence-electron chi connectivity index (χ4n) is 2.73. The van der Waals surface area contributed by atoms with Crippen LogP contribution < -0.4 is 5.32 Å². The minimum Gasteiger partial charge on any atom is -0.310 e. The number of nitrogens with one attached hydrogen (secondary N) is 1. The van der Waals surface area contributed by atoms with Gasteiger partial charge in [0.05, 0.1) is 0 Å². The van der Waals surface area contributed by atoms with Crippen LogP contribution in [-0.4, -0.2) is 56.1 Å². The van der Waals surface area contributed by atoms with Crippen molar-refractivity contribution in [2.24, 2.45) is 0 Å². The van der Waals surface area contributed by atoms with Crippen LogP contribution in [0.3, 0.4) is 0 Å². The molecule has 1 aliphatic heterocycles. The molecule has 0 radical (unpaired) electrons. The number of likely N-dealkylation sites (N-methyl/N-ethyl adjacent to an activating group) is 2. The molecule has 1 aliphatic rings. The predicted molar refractivity (Wildman–Crippen MR) is 93.3 cm³/mol.